The molecule has 1 saturated heterocycles. The van der Waals surface area contributed by atoms with Gasteiger partial charge in [0.05, 0.1) is 7.11 Å². The van der Waals surface area contributed by atoms with E-state index in [2.05, 4.69) is 59.2 Å². The van der Waals surface area contributed by atoms with E-state index < -0.39 is 0 Å². The summed E-state index contributed by atoms with van der Waals surface area (Å²) in [4.78, 5) is 9.28. The van der Waals surface area contributed by atoms with Crippen LogP contribution >= 0.6 is 0 Å². The molecule has 1 aliphatic rings. The van der Waals surface area contributed by atoms with E-state index in [1.807, 2.05) is 19.2 Å². The van der Waals surface area contributed by atoms with Crippen LogP contribution in [0, 0.1) is 0 Å². The molecule has 176 valence electrons. The Kier molecular flexibility index (Phi) is 10.9. The average Bonchev–Trinajstić information content (AvgIpc) is 2.80. The summed E-state index contributed by atoms with van der Waals surface area (Å²) in [6.07, 6.45) is 2.29. The van der Waals surface area contributed by atoms with Crippen LogP contribution in [0.3, 0.4) is 0 Å². The molecule has 0 radical (unpaired) electrons. The van der Waals surface area contributed by atoms with Gasteiger partial charge in [-0.2, -0.15) is 0 Å². The van der Waals surface area contributed by atoms with Crippen LogP contribution in [0.1, 0.15) is 46.1 Å². The number of hydrogen-bond acceptors (Lipinski definition) is 5. The molecule has 31 heavy (non-hydrogen) atoms. The lowest BCUT2D eigenvalue weighted by atomic mass is 10.0. The highest BCUT2D eigenvalue weighted by atomic mass is 16.5. The lowest BCUT2D eigenvalue weighted by Crippen LogP contribution is -2.49. The molecule has 0 saturated carbocycles. The topological polar surface area (TPSA) is 61.4 Å². The molecule has 2 rings (SSSR count). The van der Waals surface area contributed by atoms with E-state index in [0.717, 1.165) is 68.6 Å². The first-order valence-corrected chi connectivity index (χ1v) is 11.7. The second-order valence-corrected chi connectivity index (χ2v) is 8.33. The number of piperidine rings is 1. The monoisotopic (exact) mass is 433 g/mol. The first kappa shape index (κ1) is 25.3. The second-order valence-electron chi connectivity index (χ2n) is 8.33. The summed E-state index contributed by atoms with van der Waals surface area (Å²) in [6.45, 7) is 15.5. The van der Waals surface area contributed by atoms with E-state index in [9.17, 15) is 0 Å². The Balaban J connectivity index is 1.83. The number of nitrogens with one attached hydrogen (secondary N) is 2. The molecule has 1 fully saturated rings. The lowest BCUT2D eigenvalue weighted by molar-refractivity contribution is 0.167. The minimum absolute atomic E-state index is 0.470. The Bertz CT molecular complexity index is 668. The number of benzene rings is 1. The van der Waals surface area contributed by atoms with Crippen molar-refractivity contribution < 1.29 is 9.47 Å². The largest absolute Gasteiger partial charge is 0.493 e. The molecule has 0 bridgehead atoms. The highest BCUT2D eigenvalue weighted by Gasteiger charge is 2.21. The predicted molar refractivity (Wildman–Crippen MR) is 129 cm³/mol. The first-order valence-electron chi connectivity index (χ1n) is 11.7. The van der Waals surface area contributed by atoms with Gasteiger partial charge in [-0.1, -0.05) is 19.9 Å². The van der Waals surface area contributed by atoms with E-state index in [1.54, 1.807) is 7.11 Å². The molecule has 0 aliphatic carbocycles. The van der Waals surface area contributed by atoms with Crippen molar-refractivity contribution in [3.05, 3.63) is 23.8 Å². The SMILES string of the molecule is CCN(CC)CCOc1ccc(CNC(=NC)NC2CCN(C(C)C)CC2)cc1OC. The predicted octanol–water partition coefficient (Wildman–Crippen LogP) is 2.95. The van der Waals surface area contributed by atoms with Gasteiger partial charge in [0.2, 0.25) is 0 Å². The van der Waals surface area contributed by atoms with Gasteiger partial charge in [-0.3, -0.25) is 4.99 Å². The van der Waals surface area contributed by atoms with Crippen molar-refractivity contribution in [3.8, 4) is 11.5 Å². The fourth-order valence-electron chi connectivity index (χ4n) is 3.90. The third kappa shape index (κ3) is 8.22. The normalized spacial score (nSPS) is 16.1. The minimum atomic E-state index is 0.470. The Morgan fingerprint density at radius 3 is 2.48 bits per heavy atom. The summed E-state index contributed by atoms with van der Waals surface area (Å²) in [6, 6.07) is 7.20. The van der Waals surface area contributed by atoms with Crippen LogP contribution in [-0.4, -0.2) is 81.3 Å². The molecule has 7 heteroatoms. The molecule has 2 N–H and O–H groups in total. The smallest absolute Gasteiger partial charge is 0.191 e. The zero-order chi connectivity index (χ0) is 22.6. The molecule has 0 atom stereocenters. The summed E-state index contributed by atoms with van der Waals surface area (Å²) >= 11 is 0. The van der Waals surface area contributed by atoms with E-state index in [1.165, 1.54) is 0 Å². The van der Waals surface area contributed by atoms with Crippen molar-refractivity contribution in [3.63, 3.8) is 0 Å². The Labute approximate surface area is 189 Å². The van der Waals surface area contributed by atoms with Crippen molar-refractivity contribution in [1.29, 1.82) is 0 Å². The summed E-state index contributed by atoms with van der Waals surface area (Å²) in [5, 5.41) is 7.01. The minimum Gasteiger partial charge on any atom is -0.493 e. The van der Waals surface area contributed by atoms with E-state index >= 15 is 0 Å². The number of rotatable bonds is 11. The number of aliphatic imine (C=N–C) groups is 1. The van der Waals surface area contributed by atoms with Gasteiger partial charge in [0.25, 0.3) is 0 Å². The van der Waals surface area contributed by atoms with Crippen molar-refractivity contribution in [2.75, 3.05) is 53.5 Å². The van der Waals surface area contributed by atoms with Gasteiger partial charge in [-0.15, -0.1) is 0 Å². The molecule has 1 aromatic carbocycles. The lowest BCUT2D eigenvalue weighted by Gasteiger charge is -2.35. The zero-order valence-corrected chi connectivity index (χ0v) is 20.4. The van der Waals surface area contributed by atoms with Gasteiger partial charge in [0.1, 0.15) is 6.61 Å². The van der Waals surface area contributed by atoms with Crippen molar-refractivity contribution in [2.24, 2.45) is 4.99 Å². The highest BCUT2D eigenvalue weighted by Crippen LogP contribution is 2.28. The number of likely N-dealkylation sites (N-methyl/N-ethyl adjacent to an activating group) is 1. The van der Waals surface area contributed by atoms with Crippen LogP contribution in [0.15, 0.2) is 23.2 Å². The van der Waals surface area contributed by atoms with Crippen molar-refractivity contribution >= 4 is 5.96 Å². The maximum atomic E-state index is 5.96. The Morgan fingerprint density at radius 2 is 1.90 bits per heavy atom. The summed E-state index contributed by atoms with van der Waals surface area (Å²) in [5.74, 6) is 2.40. The van der Waals surface area contributed by atoms with Gasteiger partial charge in [-0.25, -0.2) is 0 Å². The van der Waals surface area contributed by atoms with E-state index in [-0.39, 0.29) is 0 Å². The number of nitrogens with zero attached hydrogens (tertiary/aromatic N) is 3. The van der Waals surface area contributed by atoms with Crippen molar-refractivity contribution in [1.82, 2.24) is 20.4 Å². The van der Waals surface area contributed by atoms with Gasteiger partial charge in [0.15, 0.2) is 17.5 Å². The highest BCUT2D eigenvalue weighted by molar-refractivity contribution is 5.80. The molecule has 1 heterocycles. The molecule has 0 unspecified atom stereocenters. The third-order valence-corrected chi connectivity index (χ3v) is 6.07. The average molecular weight is 434 g/mol. The van der Waals surface area contributed by atoms with Crippen LogP contribution in [0.25, 0.3) is 0 Å². The molecule has 0 amide bonds. The quantitative estimate of drug-likeness (QED) is 0.413. The number of hydrogen-bond donors (Lipinski definition) is 2. The molecular formula is C24H43N5O2. The fourth-order valence-corrected chi connectivity index (χ4v) is 3.90. The Hall–Kier alpha value is -1.99. The van der Waals surface area contributed by atoms with Crippen LogP contribution in [0.5, 0.6) is 11.5 Å². The third-order valence-electron chi connectivity index (χ3n) is 6.07. The summed E-state index contributed by atoms with van der Waals surface area (Å²) < 4.78 is 11.5. The van der Waals surface area contributed by atoms with Crippen LogP contribution in [0.2, 0.25) is 0 Å². The van der Waals surface area contributed by atoms with Crippen LogP contribution in [0.4, 0.5) is 0 Å². The standard InChI is InChI=1S/C24H43N5O2/c1-7-28(8-2)15-16-31-22-10-9-20(17-23(22)30-6)18-26-24(25-5)27-21-11-13-29(14-12-21)19(3)4/h9-10,17,19,21H,7-8,11-16,18H2,1-6H3,(H2,25,26,27). The molecular weight excluding hydrogens is 390 g/mol. The van der Waals surface area contributed by atoms with Gasteiger partial charge in [0, 0.05) is 45.3 Å². The van der Waals surface area contributed by atoms with Crippen LogP contribution < -0.4 is 20.1 Å². The molecule has 7 nitrogen and oxygen atoms in total. The first-order chi connectivity index (χ1) is 15.0. The second kappa shape index (κ2) is 13.4. The Morgan fingerprint density at radius 1 is 1.19 bits per heavy atom. The van der Waals surface area contributed by atoms with Gasteiger partial charge >= 0.3 is 0 Å². The van der Waals surface area contributed by atoms with Gasteiger partial charge < -0.3 is 29.9 Å². The number of ether oxygens (including phenoxy) is 2. The number of methoxy groups -OCH3 is 1. The maximum absolute atomic E-state index is 5.96. The molecule has 0 aromatic heterocycles. The van der Waals surface area contributed by atoms with E-state index in [0.29, 0.717) is 25.2 Å². The molecule has 1 aromatic rings. The maximum Gasteiger partial charge on any atom is 0.191 e. The van der Waals surface area contributed by atoms with Crippen molar-refractivity contribution in [2.45, 2.75) is 59.2 Å². The zero-order valence-electron chi connectivity index (χ0n) is 20.4. The number of likely N-dealkylation sites (tertiary alicyclic amines) is 1. The van der Waals surface area contributed by atoms with Gasteiger partial charge in [-0.05, 0) is 57.5 Å². The summed E-state index contributed by atoms with van der Waals surface area (Å²) in [5.41, 5.74) is 1.13. The number of guanidine groups is 1. The fraction of sp³-hybridized carbons (Fsp3) is 0.708. The van der Waals surface area contributed by atoms with E-state index in [4.69, 9.17) is 9.47 Å². The molecule has 0 spiro atoms. The molecule has 1 aliphatic heterocycles. The van der Waals surface area contributed by atoms with Crippen LogP contribution in [-0.2, 0) is 6.54 Å². The summed E-state index contributed by atoms with van der Waals surface area (Å²) in [7, 11) is 3.51.